The maximum absolute atomic E-state index is 11.5. The molecule has 0 aliphatic rings. The number of nitrogens with one attached hydrogen (secondary N) is 3. The number of nitrogens with two attached hydrogens (primary N) is 1. The van der Waals surface area contributed by atoms with Gasteiger partial charge in [-0.15, -0.1) is 0 Å². The van der Waals surface area contributed by atoms with Crippen molar-refractivity contribution in [3.05, 3.63) is 18.5 Å². The Hall–Kier alpha value is -2.75. The molecule has 10 heteroatoms. The molecule has 20 heavy (non-hydrogen) atoms. The number of nitrogen functional groups attached to an aromatic ring is 1. The van der Waals surface area contributed by atoms with Crippen molar-refractivity contribution < 1.29 is 4.79 Å². The highest BCUT2D eigenvalue weighted by molar-refractivity contribution is 5.83. The van der Waals surface area contributed by atoms with Gasteiger partial charge in [-0.05, 0) is 13.0 Å². The summed E-state index contributed by atoms with van der Waals surface area (Å²) in [4.78, 5) is 23.7. The number of rotatable bonds is 5. The zero-order valence-corrected chi connectivity index (χ0v) is 11.0. The van der Waals surface area contributed by atoms with Crippen molar-refractivity contribution in [2.75, 3.05) is 17.8 Å². The van der Waals surface area contributed by atoms with Gasteiger partial charge in [-0.25, -0.2) is 10.5 Å². The Morgan fingerprint density at radius 2 is 2.10 bits per heavy atom. The Labute approximate surface area is 114 Å². The summed E-state index contributed by atoms with van der Waals surface area (Å²) >= 11 is 0. The van der Waals surface area contributed by atoms with Crippen LogP contribution < -0.4 is 21.9 Å². The molecule has 0 aliphatic carbocycles. The largest absolute Gasteiger partial charge is 0.357 e. The van der Waals surface area contributed by atoms with Gasteiger partial charge in [-0.2, -0.15) is 20.1 Å². The SMILES string of the molecule is CNC(=O)C(C)Nc1nc(NN)nc(-n2cccn2)n1. The van der Waals surface area contributed by atoms with E-state index >= 15 is 0 Å². The number of aromatic nitrogens is 5. The summed E-state index contributed by atoms with van der Waals surface area (Å²) in [5.41, 5.74) is 2.34. The predicted molar refractivity (Wildman–Crippen MR) is 71.9 cm³/mol. The number of carbonyl (C=O) groups is 1. The Morgan fingerprint density at radius 3 is 2.70 bits per heavy atom. The third-order valence-electron chi connectivity index (χ3n) is 2.45. The lowest BCUT2D eigenvalue weighted by atomic mass is 10.3. The smallest absolute Gasteiger partial charge is 0.257 e. The van der Waals surface area contributed by atoms with Crippen molar-refractivity contribution >= 4 is 17.8 Å². The lowest BCUT2D eigenvalue weighted by Crippen LogP contribution is -2.36. The lowest BCUT2D eigenvalue weighted by molar-refractivity contribution is -0.121. The Morgan fingerprint density at radius 1 is 1.35 bits per heavy atom. The maximum Gasteiger partial charge on any atom is 0.257 e. The second-order valence-corrected chi connectivity index (χ2v) is 3.86. The van der Waals surface area contributed by atoms with E-state index in [4.69, 9.17) is 5.84 Å². The fourth-order valence-corrected chi connectivity index (χ4v) is 1.46. The number of carbonyl (C=O) groups excluding carboxylic acids is 1. The van der Waals surface area contributed by atoms with Gasteiger partial charge in [0.05, 0.1) is 0 Å². The molecule has 2 aromatic rings. The van der Waals surface area contributed by atoms with Crippen LogP contribution in [-0.4, -0.2) is 43.7 Å². The highest BCUT2D eigenvalue weighted by atomic mass is 16.2. The Balaban J connectivity index is 2.29. The van der Waals surface area contributed by atoms with E-state index in [1.54, 1.807) is 32.4 Å². The first kappa shape index (κ1) is 13.7. The van der Waals surface area contributed by atoms with Gasteiger partial charge in [0.25, 0.3) is 5.95 Å². The van der Waals surface area contributed by atoms with Crippen molar-refractivity contribution in [1.82, 2.24) is 30.0 Å². The molecule has 0 aliphatic heterocycles. The number of hydrogen-bond donors (Lipinski definition) is 4. The molecule has 0 radical (unpaired) electrons. The van der Waals surface area contributed by atoms with E-state index in [-0.39, 0.29) is 23.8 Å². The van der Waals surface area contributed by atoms with E-state index in [1.807, 2.05) is 0 Å². The van der Waals surface area contributed by atoms with Crippen LogP contribution >= 0.6 is 0 Å². The van der Waals surface area contributed by atoms with Gasteiger partial charge in [0, 0.05) is 19.4 Å². The summed E-state index contributed by atoms with van der Waals surface area (Å²) in [7, 11) is 1.55. The van der Waals surface area contributed by atoms with Crippen molar-refractivity contribution in [3.8, 4) is 5.95 Å². The molecule has 106 valence electrons. The van der Waals surface area contributed by atoms with Crippen LogP contribution in [-0.2, 0) is 4.79 Å². The van der Waals surface area contributed by atoms with Gasteiger partial charge in [0.1, 0.15) is 6.04 Å². The molecule has 0 saturated carbocycles. The molecule has 5 N–H and O–H groups in total. The number of anilines is 2. The van der Waals surface area contributed by atoms with Gasteiger partial charge >= 0.3 is 0 Å². The molecular weight excluding hydrogens is 262 g/mol. The average Bonchev–Trinajstić information content (AvgIpc) is 3.00. The van der Waals surface area contributed by atoms with Gasteiger partial charge in [-0.3, -0.25) is 10.2 Å². The van der Waals surface area contributed by atoms with E-state index in [2.05, 4.69) is 36.1 Å². The minimum absolute atomic E-state index is 0.164. The molecule has 1 unspecified atom stereocenters. The molecule has 2 rings (SSSR count). The van der Waals surface area contributed by atoms with Gasteiger partial charge in [-0.1, -0.05) is 0 Å². The number of amides is 1. The number of hydrogen-bond acceptors (Lipinski definition) is 8. The minimum Gasteiger partial charge on any atom is -0.357 e. The normalized spacial score (nSPS) is 11.8. The summed E-state index contributed by atoms with van der Waals surface area (Å²) in [5, 5.41) is 9.41. The highest BCUT2D eigenvalue weighted by Gasteiger charge is 2.14. The molecule has 2 aromatic heterocycles. The van der Waals surface area contributed by atoms with Gasteiger partial charge < -0.3 is 10.6 Å². The van der Waals surface area contributed by atoms with E-state index in [1.165, 1.54) is 4.68 Å². The first-order valence-corrected chi connectivity index (χ1v) is 5.85. The molecule has 2 heterocycles. The monoisotopic (exact) mass is 277 g/mol. The van der Waals surface area contributed by atoms with Crippen LogP contribution in [0.3, 0.4) is 0 Å². The van der Waals surface area contributed by atoms with Crippen LogP contribution in [0.15, 0.2) is 18.5 Å². The second-order valence-electron chi connectivity index (χ2n) is 3.86. The predicted octanol–water partition coefficient (Wildman–Crippen LogP) is -1.11. The van der Waals surface area contributed by atoms with E-state index in [0.29, 0.717) is 0 Å². The summed E-state index contributed by atoms with van der Waals surface area (Å²) in [6, 6.07) is 1.23. The number of hydrazine groups is 1. The van der Waals surface area contributed by atoms with E-state index < -0.39 is 6.04 Å². The minimum atomic E-state index is -0.501. The third-order valence-corrected chi connectivity index (χ3v) is 2.45. The van der Waals surface area contributed by atoms with Crippen molar-refractivity contribution in [2.24, 2.45) is 5.84 Å². The molecular formula is C10H15N9O. The van der Waals surface area contributed by atoms with Gasteiger partial charge in [0.2, 0.25) is 17.8 Å². The Bertz CT molecular complexity index is 582. The highest BCUT2D eigenvalue weighted by Crippen LogP contribution is 2.08. The fraction of sp³-hybridized carbons (Fsp3) is 0.300. The maximum atomic E-state index is 11.5. The summed E-state index contributed by atoms with van der Waals surface area (Å²) in [6.07, 6.45) is 3.28. The van der Waals surface area contributed by atoms with Gasteiger partial charge in [0.15, 0.2) is 0 Å². The van der Waals surface area contributed by atoms with Crippen LogP contribution in [0.5, 0.6) is 0 Å². The summed E-state index contributed by atoms with van der Waals surface area (Å²) < 4.78 is 1.46. The van der Waals surface area contributed by atoms with Crippen LogP contribution in [0.4, 0.5) is 11.9 Å². The second kappa shape index (κ2) is 5.93. The Kier molecular flexibility index (Phi) is 4.05. The van der Waals surface area contributed by atoms with Crippen molar-refractivity contribution in [1.29, 1.82) is 0 Å². The van der Waals surface area contributed by atoms with Crippen LogP contribution in [0.2, 0.25) is 0 Å². The standard InChI is InChI=1S/C10H15N9O/c1-6(7(20)12-2)14-8-15-9(18-11)17-10(16-8)19-5-3-4-13-19/h3-6H,11H2,1-2H3,(H,12,20)(H2,14,15,16,17,18). The summed E-state index contributed by atoms with van der Waals surface area (Å²) in [5.74, 6) is 5.79. The first-order chi connectivity index (χ1) is 9.63. The first-order valence-electron chi connectivity index (χ1n) is 5.85. The lowest BCUT2D eigenvalue weighted by Gasteiger charge is -2.13. The van der Waals surface area contributed by atoms with Crippen LogP contribution in [0.1, 0.15) is 6.92 Å². The number of likely N-dealkylation sites (N-methyl/N-ethyl adjacent to an activating group) is 1. The topological polar surface area (TPSA) is 136 Å². The molecule has 0 fully saturated rings. The molecule has 0 spiro atoms. The fourth-order valence-electron chi connectivity index (χ4n) is 1.46. The number of nitrogens with zero attached hydrogens (tertiary/aromatic N) is 5. The quantitative estimate of drug-likeness (QED) is 0.399. The molecule has 1 amide bonds. The molecule has 10 nitrogen and oxygen atoms in total. The van der Waals surface area contributed by atoms with E-state index in [0.717, 1.165) is 0 Å². The third kappa shape index (κ3) is 2.98. The average molecular weight is 277 g/mol. The molecule has 1 atom stereocenters. The zero-order chi connectivity index (χ0) is 14.5. The molecule has 0 aromatic carbocycles. The van der Waals surface area contributed by atoms with Crippen LogP contribution in [0, 0.1) is 0 Å². The zero-order valence-electron chi connectivity index (χ0n) is 11.0. The van der Waals surface area contributed by atoms with Crippen molar-refractivity contribution in [3.63, 3.8) is 0 Å². The van der Waals surface area contributed by atoms with Crippen molar-refractivity contribution in [2.45, 2.75) is 13.0 Å². The summed E-state index contributed by atoms with van der Waals surface area (Å²) in [6.45, 7) is 1.69. The van der Waals surface area contributed by atoms with E-state index in [9.17, 15) is 4.79 Å². The molecule has 0 bridgehead atoms. The van der Waals surface area contributed by atoms with Crippen LogP contribution in [0.25, 0.3) is 5.95 Å². The molecule has 0 saturated heterocycles.